The van der Waals surface area contributed by atoms with Crippen LogP contribution < -0.4 is 5.32 Å². The predicted molar refractivity (Wildman–Crippen MR) is 63.9 cm³/mol. The fourth-order valence-corrected chi connectivity index (χ4v) is 2.08. The number of carbonyl (C=O) groups is 2. The van der Waals surface area contributed by atoms with Crippen LogP contribution in [0.15, 0.2) is 0 Å². The summed E-state index contributed by atoms with van der Waals surface area (Å²) in [6.45, 7) is 2.45. The molecule has 0 spiro atoms. The first-order chi connectivity index (χ1) is 7.99. The minimum Gasteiger partial charge on any atom is -0.480 e. The summed E-state index contributed by atoms with van der Waals surface area (Å²) in [7, 11) is 3.56. The molecule has 0 aromatic carbocycles. The van der Waals surface area contributed by atoms with Crippen LogP contribution in [0.25, 0.3) is 0 Å². The smallest absolute Gasteiger partial charge is 0.323 e. The molecule has 0 saturated carbocycles. The van der Waals surface area contributed by atoms with E-state index < -0.39 is 5.97 Å². The lowest BCUT2D eigenvalue weighted by Crippen LogP contribution is -2.44. The molecule has 0 radical (unpaired) electrons. The van der Waals surface area contributed by atoms with E-state index in [0.29, 0.717) is 12.5 Å². The van der Waals surface area contributed by atoms with Gasteiger partial charge in [-0.15, -0.1) is 0 Å². The van der Waals surface area contributed by atoms with Crippen LogP contribution in [-0.4, -0.2) is 67.2 Å². The van der Waals surface area contributed by atoms with Gasteiger partial charge in [-0.1, -0.05) is 0 Å². The molecule has 1 saturated heterocycles. The van der Waals surface area contributed by atoms with E-state index in [1.807, 2.05) is 0 Å². The number of rotatable bonds is 4. The summed E-state index contributed by atoms with van der Waals surface area (Å²) >= 11 is 0. The second-order valence-corrected chi connectivity index (χ2v) is 4.71. The summed E-state index contributed by atoms with van der Waals surface area (Å²) < 4.78 is 0. The average molecular weight is 243 g/mol. The fourth-order valence-electron chi connectivity index (χ4n) is 2.08. The second kappa shape index (κ2) is 6.44. The molecule has 1 unspecified atom stereocenters. The summed E-state index contributed by atoms with van der Waals surface area (Å²) in [5, 5.41) is 11.3. The Balaban J connectivity index is 2.25. The first kappa shape index (κ1) is 13.8. The van der Waals surface area contributed by atoms with Gasteiger partial charge in [-0.25, -0.2) is 4.79 Å². The molecule has 2 N–H and O–H groups in total. The Morgan fingerprint density at radius 1 is 1.53 bits per heavy atom. The van der Waals surface area contributed by atoms with Crippen LogP contribution in [0.1, 0.15) is 12.8 Å². The van der Waals surface area contributed by atoms with Crippen LogP contribution in [0.2, 0.25) is 0 Å². The molecule has 17 heavy (non-hydrogen) atoms. The van der Waals surface area contributed by atoms with E-state index in [1.165, 1.54) is 11.9 Å². The molecule has 1 heterocycles. The zero-order valence-corrected chi connectivity index (χ0v) is 10.5. The molecule has 0 bridgehead atoms. The van der Waals surface area contributed by atoms with E-state index in [0.717, 1.165) is 25.9 Å². The number of nitrogens with zero attached hydrogens (tertiary/aromatic N) is 2. The highest BCUT2D eigenvalue weighted by Gasteiger charge is 2.19. The van der Waals surface area contributed by atoms with Gasteiger partial charge in [-0.3, -0.25) is 4.79 Å². The van der Waals surface area contributed by atoms with Crippen molar-refractivity contribution in [3.8, 4) is 0 Å². The van der Waals surface area contributed by atoms with Crippen molar-refractivity contribution in [2.45, 2.75) is 12.8 Å². The molecule has 1 rings (SSSR count). The number of likely N-dealkylation sites (N-methyl/N-ethyl adjacent to an activating group) is 1. The van der Waals surface area contributed by atoms with Gasteiger partial charge in [0.15, 0.2) is 0 Å². The van der Waals surface area contributed by atoms with Gasteiger partial charge in [-0.2, -0.15) is 0 Å². The minimum atomic E-state index is -1.000. The molecule has 6 heteroatoms. The van der Waals surface area contributed by atoms with Gasteiger partial charge in [0.2, 0.25) is 0 Å². The van der Waals surface area contributed by atoms with Crippen LogP contribution in [0.4, 0.5) is 4.79 Å². The van der Waals surface area contributed by atoms with E-state index in [2.05, 4.69) is 17.3 Å². The number of hydrogen-bond donors (Lipinski definition) is 2. The van der Waals surface area contributed by atoms with Crippen molar-refractivity contribution in [2.75, 3.05) is 40.3 Å². The minimum absolute atomic E-state index is 0.267. The number of nitrogens with one attached hydrogen (secondary N) is 1. The Bertz CT molecular complexity index is 283. The van der Waals surface area contributed by atoms with Crippen LogP contribution in [-0.2, 0) is 4.79 Å². The number of likely N-dealkylation sites (tertiary alicyclic amines) is 1. The highest BCUT2D eigenvalue weighted by Crippen LogP contribution is 2.13. The van der Waals surface area contributed by atoms with E-state index in [9.17, 15) is 9.59 Å². The summed E-state index contributed by atoms with van der Waals surface area (Å²) in [5.41, 5.74) is 0. The zero-order chi connectivity index (χ0) is 12.8. The molecule has 0 aromatic rings. The van der Waals surface area contributed by atoms with Crippen LogP contribution in [0.5, 0.6) is 0 Å². The molecular formula is C11H21N3O3. The van der Waals surface area contributed by atoms with Gasteiger partial charge in [0.1, 0.15) is 6.54 Å². The summed E-state index contributed by atoms with van der Waals surface area (Å²) in [5.74, 6) is -0.532. The Hall–Kier alpha value is -1.30. The molecule has 1 fully saturated rings. The van der Waals surface area contributed by atoms with E-state index >= 15 is 0 Å². The quantitative estimate of drug-likeness (QED) is 0.732. The van der Waals surface area contributed by atoms with Gasteiger partial charge < -0.3 is 20.2 Å². The van der Waals surface area contributed by atoms with Crippen molar-refractivity contribution in [2.24, 2.45) is 5.92 Å². The highest BCUT2D eigenvalue weighted by molar-refractivity contribution is 5.79. The summed E-state index contributed by atoms with van der Waals surface area (Å²) in [4.78, 5) is 25.4. The standard InChI is InChI=1S/C11H21N3O3/c1-13-5-3-4-9(7-13)6-12-11(17)14(2)8-10(15)16/h9H,3-8H2,1-2H3,(H,12,17)(H,15,16). The molecule has 0 aromatic heterocycles. The number of hydrogen-bond acceptors (Lipinski definition) is 3. The van der Waals surface area contributed by atoms with Crippen molar-refractivity contribution in [3.05, 3.63) is 0 Å². The van der Waals surface area contributed by atoms with E-state index in [1.54, 1.807) is 0 Å². The van der Waals surface area contributed by atoms with Crippen LogP contribution in [0.3, 0.4) is 0 Å². The van der Waals surface area contributed by atoms with Crippen molar-refractivity contribution >= 4 is 12.0 Å². The molecule has 0 aliphatic carbocycles. The van der Waals surface area contributed by atoms with Gasteiger partial charge >= 0.3 is 12.0 Å². The number of piperidine rings is 1. The van der Waals surface area contributed by atoms with Gasteiger partial charge in [-0.05, 0) is 32.4 Å². The Morgan fingerprint density at radius 3 is 2.82 bits per heavy atom. The second-order valence-electron chi connectivity index (χ2n) is 4.71. The van der Waals surface area contributed by atoms with Crippen molar-refractivity contribution < 1.29 is 14.7 Å². The third kappa shape index (κ3) is 5.04. The number of urea groups is 1. The van der Waals surface area contributed by atoms with Crippen LogP contribution >= 0.6 is 0 Å². The van der Waals surface area contributed by atoms with Gasteiger partial charge in [0, 0.05) is 20.1 Å². The first-order valence-corrected chi connectivity index (χ1v) is 5.88. The molecular weight excluding hydrogens is 222 g/mol. The number of aliphatic carboxylic acids is 1. The first-order valence-electron chi connectivity index (χ1n) is 5.88. The summed E-state index contributed by atoms with van der Waals surface area (Å²) in [6.07, 6.45) is 2.27. The molecule has 1 aliphatic heterocycles. The highest BCUT2D eigenvalue weighted by atomic mass is 16.4. The SMILES string of the molecule is CN1CCCC(CNC(=O)N(C)CC(=O)O)C1. The van der Waals surface area contributed by atoms with E-state index in [-0.39, 0.29) is 12.6 Å². The number of carboxylic acid groups (broad SMARTS) is 1. The molecule has 1 aliphatic rings. The maximum atomic E-state index is 11.5. The fraction of sp³-hybridized carbons (Fsp3) is 0.818. The van der Waals surface area contributed by atoms with E-state index in [4.69, 9.17) is 5.11 Å². The molecule has 6 nitrogen and oxygen atoms in total. The normalized spacial score (nSPS) is 20.9. The van der Waals surface area contributed by atoms with Gasteiger partial charge in [0.25, 0.3) is 0 Å². The van der Waals surface area contributed by atoms with Gasteiger partial charge in [0.05, 0.1) is 0 Å². The molecule has 2 amide bonds. The number of carbonyl (C=O) groups excluding carboxylic acids is 1. The Kier molecular flexibility index (Phi) is 5.21. The molecule has 1 atom stereocenters. The van der Waals surface area contributed by atoms with Crippen LogP contribution in [0, 0.1) is 5.92 Å². The summed E-state index contributed by atoms with van der Waals surface area (Å²) in [6, 6.07) is -0.319. The Labute approximate surface area is 102 Å². The van der Waals surface area contributed by atoms with Crippen molar-refractivity contribution in [1.29, 1.82) is 0 Å². The lowest BCUT2D eigenvalue weighted by molar-refractivity contribution is -0.137. The van der Waals surface area contributed by atoms with Crippen molar-refractivity contribution in [1.82, 2.24) is 15.1 Å². The van der Waals surface area contributed by atoms with Crippen molar-refractivity contribution in [3.63, 3.8) is 0 Å². The zero-order valence-electron chi connectivity index (χ0n) is 10.5. The Morgan fingerprint density at radius 2 is 2.24 bits per heavy atom. The topological polar surface area (TPSA) is 72.9 Å². The third-order valence-electron chi connectivity index (χ3n) is 2.98. The number of carboxylic acids is 1. The lowest BCUT2D eigenvalue weighted by Gasteiger charge is -2.30. The predicted octanol–water partition coefficient (Wildman–Crippen LogP) is 0.0542. The largest absolute Gasteiger partial charge is 0.480 e. The monoisotopic (exact) mass is 243 g/mol. The molecule has 98 valence electrons. The number of amides is 2. The lowest BCUT2D eigenvalue weighted by atomic mass is 9.99. The average Bonchev–Trinajstić information content (AvgIpc) is 2.25. The third-order valence-corrected chi connectivity index (χ3v) is 2.98. The maximum absolute atomic E-state index is 11.5. The maximum Gasteiger partial charge on any atom is 0.323 e.